The molecule has 1 amide bonds. The predicted octanol–water partition coefficient (Wildman–Crippen LogP) is 0.109. The van der Waals surface area contributed by atoms with E-state index in [0.717, 1.165) is 0 Å². The van der Waals surface area contributed by atoms with Crippen LogP contribution in [0.3, 0.4) is 0 Å². The minimum absolute atomic E-state index is 0.0543. The molecule has 0 aromatic carbocycles. The Balaban J connectivity index is 4.21. The molecule has 0 aliphatic rings. The summed E-state index contributed by atoms with van der Waals surface area (Å²) in [5.41, 5.74) is 5.42. The molecule has 0 aromatic heterocycles. The number of terminal acetylenes is 1. The highest BCUT2D eigenvalue weighted by molar-refractivity contribution is 5.93. The molecule has 0 aromatic rings. The SMILES string of the molecule is C#CC(=O)NC(CN)C(C)(C)C. The van der Waals surface area contributed by atoms with Gasteiger partial charge < -0.3 is 11.1 Å². The van der Waals surface area contributed by atoms with E-state index >= 15 is 0 Å². The average molecular weight is 168 g/mol. The molecule has 12 heavy (non-hydrogen) atoms. The molecule has 3 N–H and O–H groups in total. The largest absolute Gasteiger partial charge is 0.341 e. The Labute approximate surface area is 73.7 Å². The van der Waals surface area contributed by atoms with Crippen LogP contribution in [0.1, 0.15) is 20.8 Å². The number of nitrogens with one attached hydrogen (secondary N) is 1. The summed E-state index contributed by atoms with van der Waals surface area (Å²) in [6, 6.07) is -0.0685. The summed E-state index contributed by atoms with van der Waals surface area (Å²) in [4.78, 5) is 10.8. The van der Waals surface area contributed by atoms with Gasteiger partial charge in [-0.25, -0.2) is 0 Å². The third kappa shape index (κ3) is 3.40. The Bertz CT molecular complexity index is 198. The number of carbonyl (C=O) groups excluding carboxylic acids is 1. The van der Waals surface area contributed by atoms with Gasteiger partial charge in [0.2, 0.25) is 0 Å². The van der Waals surface area contributed by atoms with Gasteiger partial charge >= 0.3 is 0 Å². The fourth-order valence-corrected chi connectivity index (χ4v) is 0.829. The predicted molar refractivity (Wildman–Crippen MR) is 49.3 cm³/mol. The first-order valence-corrected chi connectivity index (χ1v) is 3.89. The summed E-state index contributed by atoms with van der Waals surface area (Å²) in [5.74, 6) is 1.59. The minimum atomic E-state index is -0.402. The molecule has 68 valence electrons. The lowest BCUT2D eigenvalue weighted by Gasteiger charge is -2.29. The molecule has 0 spiro atoms. The molecule has 0 fully saturated rings. The zero-order valence-corrected chi connectivity index (χ0v) is 7.85. The summed E-state index contributed by atoms with van der Waals surface area (Å²) in [5, 5.41) is 2.66. The van der Waals surface area contributed by atoms with Crippen molar-refractivity contribution in [3.63, 3.8) is 0 Å². The monoisotopic (exact) mass is 168 g/mol. The van der Waals surface area contributed by atoms with Crippen LogP contribution in [0.25, 0.3) is 0 Å². The fourth-order valence-electron chi connectivity index (χ4n) is 0.829. The van der Waals surface area contributed by atoms with Gasteiger partial charge in [-0.15, -0.1) is 6.42 Å². The molecule has 0 aliphatic carbocycles. The van der Waals surface area contributed by atoms with Crippen LogP contribution in [0.15, 0.2) is 0 Å². The molecule has 0 saturated heterocycles. The first-order chi connectivity index (χ1) is 5.41. The second-order valence-corrected chi connectivity index (χ2v) is 3.77. The number of rotatable bonds is 2. The van der Waals surface area contributed by atoms with E-state index < -0.39 is 5.91 Å². The highest BCUT2D eigenvalue weighted by atomic mass is 16.1. The van der Waals surface area contributed by atoms with Crippen LogP contribution < -0.4 is 11.1 Å². The average Bonchev–Trinajstić information content (AvgIpc) is 1.97. The molecular weight excluding hydrogens is 152 g/mol. The molecule has 0 rings (SSSR count). The van der Waals surface area contributed by atoms with E-state index in [4.69, 9.17) is 12.2 Å². The Morgan fingerprint density at radius 3 is 2.42 bits per heavy atom. The van der Waals surface area contributed by atoms with E-state index in [0.29, 0.717) is 6.54 Å². The van der Waals surface area contributed by atoms with Crippen molar-refractivity contribution in [1.29, 1.82) is 0 Å². The van der Waals surface area contributed by atoms with E-state index in [2.05, 4.69) is 5.32 Å². The summed E-state index contributed by atoms with van der Waals surface area (Å²) >= 11 is 0. The number of hydrogen-bond donors (Lipinski definition) is 2. The third-order valence-corrected chi connectivity index (χ3v) is 1.72. The summed E-state index contributed by atoms with van der Waals surface area (Å²) in [6.07, 6.45) is 4.92. The van der Waals surface area contributed by atoms with Crippen LogP contribution in [0.2, 0.25) is 0 Å². The normalized spacial score (nSPS) is 13.2. The molecule has 1 unspecified atom stereocenters. The van der Waals surface area contributed by atoms with Gasteiger partial charge in [0.05, 0.1) is 0 Å². The van der Waals surface area contributed by atoms with E-state index in [1.807, 2.05) is 26.7 Å². The molecule has 0 saturated carbocycles. The number of nitrogens with two attached hydrogens (primary N) is 1. The molecule has 0 heterocycles. The van der Waals surface area contributed by atoms with Crippen molar-refractivity contribution in [2.75, 3.05) is 6.54 Å². The van der Waals surface area contributed by atoms with Crippen molar-refractivity contribution < 1.29 is 4.79 Å². The molecule has 0 bridgehead atoms. The smallest absolute Gasteiger partial charge is 0.295 e. The van der Waals surface area contributed by atoms with Crippen LogP contribution in [-0.4, -0.2) is 18.5 Å². The second-order valence-electron chi connectivity index (χ2n) is 3.77. The van der Waals surface area contributed by atoms with Gasteiger partial charge in [0.15, 0.2) is 0 Å². The van der Waals surface area contributed by atoms with Crippen molar-refractivity contribution in [3.05, 3.63) is 0 Å². The minimum Gasteiger partial charge on any atom is -0.341 e. The molecule has 3 nitrogen and oxygen atoms in total. The van der Waals surface area contributed by atoms with E-state index in [1.54, 1.807) is 0 Å². The lowest BCUT2D eigenvalue weighted by atomic mass is 9.87. The first kappa shape index (κ1) is 11.0. The van der Waals surface area contributed by atoms with Crippen molar-refractivity contribution in [2.24, 2.45) is 11.1 Å². The third-order valence-electron chi connectivity index (χ3n) is 1.72. The topological polar surface area (TPSA) is 55.1 Å². The summed E-state index contributed by atoms with van der Waals surface area (Å²) in [6.45, 7) is 6.40. The molecule has 0 aliphatic heterocycles. The van der Waals surface area contributed by atoms with Crippen molar-refractivity contribution in [3.8, 4) is 12.3 Å². The zero-order chi connectivity index (χ0) is 9.78. The van der Waals surface area contributed by atoms with Gasteiger partial charge in [-0.3, -0.25) is 4.79 Å². The Morgan fingerprint density at radius 2 is 2.17 bits per heavy atom. The number of hydrogen-bond acceptors (Lipinski definition) is 2. The van der Waals surface area contributed by atoms with Crippen molar-refractivity contribution in [1.82, 2.24) is 5.32 Å². The lowest BCUT2D eigenvalue weighted by Crippen LogP contribution is -2.48. The van der Waals surface area contributed by atoms with Gasteiger partial charge in [-0.1, -0.05) is 20.8 Å². The quantitative estimate of drug-likeness (QED) is 0.575. The second kappa shape index (κ2) is 4.13. The maximum Gasteiger partial charge on any atom is 0.295 e. The Kier molecular flexibility index (Phi) is 3.78. The maximum atomic E-state index is 10.8. The van der Waals surface area contributed by atoms with E-state index in [9.17, 15) is 4.79 Å². The standard InChI is InChI=1S/C9H16N2O/c1-5-8(12)11-7(6-10)9(2,3)4/h1,7H,6,10H2,2-4H3,(H,11,12). The molecule has 1 atom stereocenters. The van der Waals surface area contributed by atoms with Gasteiger partial charge in [0, 0.05) is 12.6 Å². The van der Waals surface area contributed by atoms with Crippen molar-refractivity contribution in [2.45, 2.75) is 26.8 Å². The zero-order valence-electron chi connectivity index (χ0n) is 7.85. The highest BCUT2D eigenvalue weighted by Gasteiger charge is 2.23. The lowest BCUT2D eigenvalue weighted by molar-refractivity contribution is -0.117. The van der Waals surface area contributed by atoms with Crippen LogP contribution >= 0.6 is 0 Å². The molecular formula is C9H16N2O. The van der Waals surface area contributed by atoms with Crippen LogP contribution in [-0.2, 0) is 4.79 Å². The summed E-state index contributed by atoms with van der Waals surface area (Å²) < 4.78 is 0. The highest BCUT2D eigenvalue weighted by Crippen LogP contribution is 2.17. The first-order valence-electron chi connectivity index (χ1n) is 3.89. The van der Waals surface area contributed by atoms with Crippen LogP contribution in [0.4, 0.5) is 0 Å². The van der Waals surface area contributed by atoms with Crippen molar-refractivity contribution >= 4 is 5.91 Å². The Morgan fingerprint density at radius 1 is 1.67 bits per heavy atom. The van der Waals surface area contributed by atoms with Crippen LogP contribution in [0.5, 0.6) is 0 Å². The summed E-state index contributed by atoms with van der Waals surface area (Å²) in [7, 11) is 0. The fraction of sp³-hybridized carbons (Fsp3) is 0.667. The van der Waals surface area contributed by atoms with Crippen LogP contribution in [0, 0.1) is 17.8 Å². The van der Waals surface area contributed by atoms with Gasteiger partial charge in [-0.2, -0.15) is 0 Å². The Hall–Kier alpha value is -1.01. The number of carbonyl (C=O) groups is 1. The van der Waals surface area contributed by atoms with E-state index in [1.165, 1.54) is 0 Å². The van der Waals surface area contributed by atoms with E-state index in [-0.39, 0.29) is 11.5 Å². The molecule has 3 heteroatoms. The molecule has 0 radical (unpaired) electrons. The van der Waals surface area contributed by atoms with Gasteiger partial charge in [0.25, 0.3) is 5.91 Å². The van der Waals surface area contributed by atoms with Gasteiger partial charge in [-0.05, 0) is 11.3 Å². The number of amides is 1. The van der Waals surface area contributed by atoms with Gasteiger partial charge in [0.1, 0.15) is 0 Å². The maximum absolute atomic E-state index is 10.8.